The minimum atomic E-state index is -0.694. The van der Waals surface area contributed by atoms with Crippen LogP contribution in [0, 0.1) is 11.8 Å². The first kappa shape index (κ1) is 33.8. The van der Waals surface area contributed by atoms with Crippen LogP contribution in [-0.2, 0) is 15.0 Å². The van der Waals surface area contributed by atoms with Crippen molar-refractivity contribution in [1.29, 1.82) is 0 Å². The Labute approximate surface area is 236 Å². The number of hydrogen-bond acceptors (Lipinski definition) is 5. The topological polar surface area (TPSA) is 99.8 Å². The quantitative estimate of drug-likeness (QED) is 0.208. The molecule has 216 valence electrons. The van der Waals surface area contributed by atoms with Gasteiger partial charge < -0.3 is 21.3 Å². The van der Waals surface area contributed by atoms with Gasteiger partial charge >= 0.3 is 0 Å². The van der Waals surface area contributed by atoms with Gasteiger partial charge in [-0.1, -0.05) is 59.8 Å². The summed E-state index contributed by atoms with van der Waals surface area (Å²) < 4.78 is 0. The van der Waals surface area contributed by atoms with Crippen molar-refractivity contribution in [1.82, 2.24) is 10.2 Å². The highest BCUT2D eigenvalue weighted by Gasteiger charge is 2.34. The van der Waals surface area contributed by atoms with E-state index in [0.717, 1.165) is 41.3 Å². The Bertz CT molecular complexity index is 1050. The van der Waals surface area contributed by atoms with Gasteiger partial charge in [-0.3, -0.25) is 9.59 Å². The third-order valence-electron chi connectivity index (χ3n) is 6.16. The van der Waals surface area contributed by atoms with Crippen molar-refractivity contribution < 1.29 is 9.59 Å². The number of anilines is 1. The average Bonchev–Trinajstić information content (AvgIpc) is 3.13. The lowest BCUT2D eigenvalue weighted by atomic mass is 9.82. The van der Waals surface area contributed by atoms with Crippen LogP contribution in [0.4, 0.5) is 11.4 Å². The molecule has 0 radical (unpaired) electrons. The number of amides is 1. The summed E-state index contributed by atoms with van der Waals surface area (Å²) in [4.78, 5) is 31.9. The fourth-order valence-corrected chi connectivity index (χ4v) is 4.19. The van der Waals surface area contributed by atoms with Crippen molar-refractivity contribution in [3.05, 3.63) is 59.3 Å². The van der Waals surface area contributed by atoms with Crippen molar-refractivity contribution >= 4 is 29.4 Å². The molecule has 1 aromatic carbocycles. The predicted octanol–water partition coefficient (Wildman–Crippen LogP) is 6.11. The molecule has 7 heteroatoms. The zero-order valence-corrected chi connectivity index (χ0v) is 25.6. The second kappa shape index (κ2) is 16.7. The number of nitrogens with two attached hydrogens (primary N) is 1. The lowest BCUT2D eigenvalue weighted by Crippen LogP contribution is -2.46. The van der Waals surface area contributed by atoms with E-state index in [-0.39, 0.29) is 11.7 Å². The maximum atomic E-state index is 13.7. The normalized spacial score (nSPS) is 13.4. The Hall–Kier alpha value is -3.19. The fraction of sp³-hybridized carbons (Fsp3) is 0.531. The van der Waals surface area contributed by atoms with Gasteiger partial charge in [-0.25, -0.2) is 4.99 Å². The number of carbonyl (C=O) groups excluding carboxylic acids is 2. The number of rotatable bonds is 13. The molecule has 4 N–H and O–H groups in total. The van der Waals surface area contributed by atoms with Gasteiger partial charge in [-0.15, -0.1) is 0 Å². The summed E-state index contributed by atoms with van der Waals surface area (Å²) in [6, 6.07) is 5.92. The van der Waals surface area contributed by atoms with Crippen LogP contribution in [-0.4, -0.2) is 49.1 Å². The van der Waals surface area contributed by atoms with Crippen LogP contribution in [0.25, 0.3) is 0 Å². The summed E-state index contributed by atoms with van der Waals surface area (Å²) in [5.41, 5.74) is 9.17. The molecule has 1 aromatic rings. The number of Topliss-reactive ketones (excluding diaryl/α,β-unsaturated/α-hetero) is 1. The van der Waals surface area contributed by atoms with E-state index in [1.165, 1.54) is 0 Å². The van der Waals surface area contributed by atoms with Crippen LogP contribution in [0.2, 0.25) is 0 Å². The highest BCUT2D eigenvalue weighted by molar-refractivity contribution is 5.94. The van der Waals surface area contributed by atoms with Crippen LogP contribution in [0.15, 0.2) is 58.8 Å². The number of nitrogens with one attached hydrogen (secondary N) is 2. The molecule has 0 fully saturated rings. The molecule has 1 amide bonds. The molecule has 0 saturated heterocycles. The number of carbonyl (C=O) groups is 2. The lowest BCUT2D eigenvalue weighted by Gasteiger charge is -2.34. The number of aliphatic imine (C=N–C) groups is 1. The molecule has 0 spiro atoms. The van der Waals surface area contributed by atoms with Crippen LogP contribution in [0.3, 0.4) is 0 Å². The fourth-order valence-electron chi connectivity index (χ4n) is 4.19. The predicted molar refractivity (Wildman–Crippen MR) is 167 cm³/mol. The number of benzene rings is 1. The minimum absolute atomic E-state index is 0.0736. The van der Waals surface area contributed by atoms with E-state index < -0.39 is 5.41 Å². The Morgan fingerprint density at radius 1 is 1.10 bits per heavy atom. The maximum Gasteiger partial charge on any atom is 0.232 e. The molecule has 0 unspecified atom stereocenters. The molecule has 0 aromatic heterocycles. The SMILES string of the molecule is CC.CC(=O)C1=CC=C(NC=Nc2ccc(C(C)(C)C(=O)N(CC(C)C)CC(C)C)cc2NCCN)C=CC1. The molecule has 0 saturated carbocycles. The Balaban J connectivity index is 0.00000371. The molecule has 0 heterocycles. The molecule has 1 aliphatic carbocycles. The number of hydrogen-bond donors (Lipinski definition) is 3. The monoisotopic (exact) mass is 537 g/mol. The van der Waals surface area contributed by atoms with E-state index in [4.69, 9.17) is 5.73 Å². The van der Waals surface area contributed by atoms with E-state index in [2.05, 4.69) is 43.3 Å². The number of ketones is 1. The van der Waals surface area contributed by atoms with E-state index >= 15 is 0 Å². The zero-order valence-electron chi connectivity index (χ0n) is 25.6. The molecule has 2 rings (SSSR count). The smallest absolute Gasteiger partial charge is 0.232 e. The minimum Gasteiger partial charge on any atom is -0.382 e. The van der Waals surface area contributed by atoms with Gasteiger partial charge in [0.15, 0.2) is 5.78 Å². The third kappa shape index (κ3) is 10.8. The Morgan fingerprint density at radius 3 is 2.31 bits per heavy atom. The highest BCUT2D eigenvalue weighted by atomic mass is 16.2. The molecular weight excluding hydrogens is 486 g/mol. The Kier molecular flexibility index (Phi) is 14.5. The van der Waals surface area contributed by atoms with Crippen LogP contribution in [0.5, 0.6) is 0 Å². The number of nitrogens with zero attached hydrogens (tertiary/aromatic N) is 2. The molecule has 1 aliphatic rings. The lowest BCUT2D eigenvalue weighted by molar-refractivity contribution is -0.137. The summed E-state index contributed by atoms with van der Waals surface area (Å²) in [5.74, 6) is 0.993. The van der Waals surface area contributed by atoms with Gasteiger partial charge in [-0.05, 0) is 74.4 Å². The van der Waals surface area contributed by atoms with Crippen LogP contribution in [0.1, 0.15) is 74.3 Å². The molecule has 7 nitrogen and oxygen atoms in total. The summed E-state index contributed by atoms with van der Waals surface area (Å²) in [6.45, 7) is 20.7. The maximum absolute atomic E-state index is 13.7. The van der Waals surface area contributed by atoms with Crippen LogP contribution >= 0.6 is 0 Å². The van der Waals surface area contributed by atoms with E-state index in [1.807, 2.05) is 75.1 Å². The second-order valence-corrected chi connectivity index (χ2v) is 10.9. The van der Waals surface area contributed by atoms with E-state index in [0.29, 0.717) is 31.3 Å². The standard InChI is InChI=1S/C30H45N5O2.C2H6/c1-21(2)18-35(19-22(3)4)29(37)30(6,7)25-12-14-27(28(17-25)32-16-15-31)34-20-33-26-10-8-9-24(11-13-26)23(5)36;1-2/h8,10-14,17,20-22,32H,9,15-16,18-19,31H2,1-7H3,(H,33,34);1-2H3. The first-order valence-electron chi connectivity index (χ1n) is 14.2. The molecule has 0 bridgehead atoms. The third-order valence-corrected chi connectivity index (χ3v) is 6.16. The second-order valence-electron chi connectivity index (χ2n) is 10.9. The van der Waals surface area contributed by atoms with Crippen molar-refractivity contribution in [3.63, 3.8) is 0 Å². The largest absolute Gasteiger partial charge is 0.382 e. The first-order valence-corrected chi connectivity index (χ1v) is 14.2. The summed E-state index contributed by atoms with van der Waals surface area (Å²) in [7, 11) is 0. The average molecular weight is 538 g/mol. The van der Waals surface area contributed by atoms with Crippen molar-refractivity contribution in [2.75, 3.05) is 31.5 Å². The van der Waals surface area contributed by atoms with E-state index in [9.17, 15) is 9.59 Å². The zero-order chi connectivity index (χ0) is 29.6. The number of allylic oxidation sites excluding steroid dienone is 5. The van der Waals surface area contributed by atoms with Gasteiger partial charge in [-0.2, -0.15) is 0 Å². The van der Waals surface area contributed by atoms with Gasteiger partial charge in [0.2, 0.25) is 5.91 Å². The summed E-state index contributed by atoms with van der Waals surface area (Å²) >= 11 is 0. The van der Waals surface area contributed by atoms with Gasteiger partial charge in [0, 0.05) is 31.9 Å². The van der Waals surface area contributed by atoms with Gasteiger partial charge in [0.1, 0.15) is 0 Å². The molecule has 0 aliphatic heterocycles. The van der Waals surface area contributed by atoms with Crippen molar-refractivity contribution in [2.45, 2.75) is 74.1 Å². The molecule has 39 heavy (non-hydrogen) atoms. The molecular formula is C32H51N5O2. The van der Waals surface area contributed by atoms with Crippen molar-refractivity contribution in [3.8, 4) is 0 Å². The highest BCUT2D eigenvalue weighted by Crippen LogP contribution is 2.33. The van der Waals surface area contributed by atoms with Gasteiger partial charge in [0.25, 0.3) is 0 Å². The van der Waals surface area contributed by atoms with Gasteiger partial charge in [0.05, 0.1) is 23.1 Å². The van der Waals surface area contributed by atoms with Crippen LogP contribution < -0.4 is 16.4 Å². The first-order chi connectivity index (χ1) is 18.4. The summed E-state index contributed by atoms with van der Waals surface area (Å²) in [5, 5.41) is 6.54. The molecule has 0 atom stereocenters. The Morgan fingerprint density at radius 2 is 1.74 bits per heavy atom. The van der Waals surface area contributed by atoms with Crippen molar-refractivity contribution in [2.24, 2.45) is 22.6 Å². The summed E-state index contributed by atoms with van der Waals surface area (Å²) in [6.07, 6.45) is 9.84. The van der Waals surface area contributed by atoms with E-state index in [1.54, 1.807) is 13.3 Å².